The third-order valence-corrected chi connectivity index (χ3v) is 2.56. The Labute approximate surface area is 96.8 Å². The van der Waals surface area contributed by atoms with Gasteiger partial charge in [0.25, 0.3) is 0 Å². The van der Waals surface area contributed by atoms with Gasteiger partial charge in [0, 0.05) is 0 Å². The number of phenols is 1. The van der Waals surface area contributed by atoms with Crippen LogP contribution in [-0.4, -0.2) is 22.8 Å². The maximum absolute atomic E-state index is 10.2. The van der Waals surface area contributed by atoms with Crippen molar-refractivity contribution in [1.29, 1.82) is 0 Å². The van der Waals surface area contributed by atoms with E-state index < -0.39 is 12.6 Å². The Morgan fingerprint density at radius 1 is 1.36 bits per heavy atom. The van der Waals surface area contributed by atoms with E-state index in [0.29, 0.717) is 14.7 Å². The van der Waals surface area contributed by atoms with Gasteiger partial charge in [-0.15, -0.1) is 0 Å². The fourth-order valence-corrected chi connectivity index (χ4v) is 1.92. The van der Waals surface area contributed by atoms with Crippen LogP contribution in [0.4, 0.5) is 0 Å². The minimum atomic E-state index is -1.05. The zero-order valence-corrected chi connectivity index (χ0v) is 10.0. The van der Waals surface area contributed by atoms with Crippen LogP contribution < -0.4 is 4.74 Å². The summed E-state index contributed by atoms with van der Waals surface area (Å²) in [6.45, 7) is -0.413. The molecule has 0 aliphatic heterocycles. The van der Waals surface area contributed by atoms with Gasteiger partial charge in [-0.25, -0.2) is 4.79 Å². The highest BCUT2D eigenvalue weighted by Gasteiger charge is 2.07. The molecule has 0 amide bonds. The largest absolute Gasteiger partial charge is 0.506 e. The molecular weight excluding hydrogens is 320 g/mol. The number of rotatable bonds is 3. The minimum absolute atomic E-state index is 0.0488. The van der Waals surface area contributed by atoms with E-state index in [1.165, 1.54) is 12.1 Å². The summed E-state index contributed by atoms with van der Waals surface area (Å²) in [5, 5.41) is 17.7. The van der Waals surface area contributed by atoms with Crippen LogP contribution in [0.5, 0.6) is 11.5 Å². The van der Waals surface area contributed by atoms with Crippen molar-refractivity contribution >= 4 is 37.8 Å². The van der Waals surface area contributed by atoms with Crippen LogP contribution in [0.1, 0.15) is 0 Å². The first-order chi connectivity index (χ1) is 6.50. The molecule has 4 nitrogen and oxygen atoms in total. The minimum Gasteiger partial charge on any atom is -0.506 e. The summed E-state index contributed by atoms with van der Waals surface area (Å²) in [5.74, 6) is -0.637. The molecule has 2 N–H and O–H groups in total. The van der Waals surface area contributed by atoms with Gasteiger partial charge in [0.2, 0.25) is 0 Å². The number of carbonyl (C=O) groups is 1. The molecule has 1 aromatic rings. The number of carboxylic acids is 1. The average Bonchev–Trinajstić information content (AvgIpc) is 2.10. The lowest BCUT2D eigenvalue weighted by Gasteiger charge is -2.06. The normalized spacial score (nSPS) is 9.86. The molecule has 0 radical (unpaired) electrons. The second kappa shape index (κ2) is 4.65. The third-order valence-electron chi connectivity index (χ3n) is 1.35. The molecule has 0 aliphatic rings. The number of hydrogen-bond acceptors (Lipinski definition) is 3. The lowest BCUT2D eigenvalue weighted by molar-refractivity contribution is -0.139. The molecule has 0 atom stereocenters. The van der Waals surface area contributed by atoms with E-state index >= 15 is 0 Å². The summed E-state index contributed by atoms with van der Waals surface area (Å²) >= 11 is 6.19. The van der Waals surface area contributed by atoms with Crippen LogP contribution in [0.15, 0.2) is 21.1 Å². The molecule has 76 valence electrons. The maximum Gasteiger partial charge on any atom is 0.341 e. The van der Waals surface area contributed by atoms with Gasteiger partial charge < -0.3 is 14.9 Å². The van der Waals surface area contributed by atoms with E-state index in [1.54, 1.807) is 0 Å². The zero-order chi connectivity index (χ0) is 10.7. The molecule has 0 unspecified atom stereocenters. The first kappa shape index (κ1) is 11.3. The van der Waals surface area contributed by atoms with Crippen LogP contribution in [0.3, 0.4) is 0 Å². The molecule has 6 heteroatoms. The predicted octanol–water partition coefficient (Wildman–Crippen LogP) is 2.38. The zero-order valence-electron chi connectivity index (χ0n) is 6.83. The highest BCUT2D eigenvalue weighted by Crippen LogP contribution is 2.35. The average molecular weight is 326 g/mol. The van der Waals surface area contributed by atoms with Crippen LogP contribution >= 0.6 is 31.9 Å². The van der Waals surface area contributed by atoms with Crippen molar-refractivity contribution in [3.63, 3.8) is 0 Å². The topological polar surface area (TPSA) is 66.8 Å². The number of aliphatic carboxylic acids is 1. The molecule has 1 rings (SSSR count). The fourth-order valence-electron chi connectivity index (χ4n) is 0.771. The van der Waals surface area contributed by atoms with Crippen molar-refractivity contribution in [3.8, 4) is 11.5 Å². The van der Waals surface area contributed by atoms with Crippen LogP contribution in [0.2, 0.25) is 0 Å². The molecule has 1 aromatic carbocycles. The highest BCUT2D eigenvalue weighted by molar-refractivity contribution is 9.11. The molecule has 0 spiro atoms. The molecule has 0 aliphatic carbocycles. The number of halogens is 2. The Hall–Kier alpha value is -0.750. The summed E-state index contributed by atoms with van der Waals surface area (Å²) in [5.41, 5.74) is 0. The number of hydrogen-bond donors (Lipinski definition) is 2. The van der Waals surface area contributed by atoms with Crippen molar-refractivity contribution in [2.45, 2.75) is 0 Å². The molecule has 0 aromatic heterocycles. The first-order valence-corrected chi connectivity index (χ1v) is 5.12. The lowest BCUT2D eigenvalue weighted by atomic mass is 10.3. The number of carboxylic acid groups (broad SMARTS) is 1. The second-order valence-corrected chi connectivity index (χ2v) is 4.13. The van der Waals surface area contributed by atoms with Gasteiger partial charge in [-0.2, -0.15) is 0 Å². The van der Waals surface area contributed by atoms with Crippen molar-refractivity contribution in [2.24, 2.45) is 0 Å². The Kier molecular flexibility index (Phi) is 3.77. The standard InChI is InChI=1S/C8H6Br2O4/c9-5-1-4(14-3-7(11)12)2-6(10)8(5)13/h1-2,13H,3H2,(H,11,12). The van der Waals surface area contributed by atoms with Crippen molar-refractivity contribution < 1.29 is 19.7 Å². The smallest absolute Gasteiger partial charge is 0.341 e. The maximum atomic E-state index is 10.2. The van der Waals surface area contributed by atoms with E-state index in [1.807, 2.05) is 0 Å². The van der Waals surface area contributed by atoms with Crippen molar-refractivity contribution in [1.82, 2.24) is 0 Å². The molecule has 14 heavy (non-hydrogen) atoms. The SMILES string of the molecule is O=C(O)COc1cc(Br)c(O)c(Br)c1. The van der Waals surface area contributed by atoms with Crippen LogP contribution in [-0.2, 0) is 4.79 Å². The summed E-state index contributed by atoms with van der Waals surface area (Å²) in [7, 11) is 0. The van der Waals surface area contributed by atoms with E-state index in [9.17, 15) is 9.90 Å². The molecular formula is C8H6Br2O4. The quantitative estimate of drug-likeness (QED) is 0.895. The van der Waals surface area contributed by atoms with Gasteiger partial charge in [-0.1, -0.05) is 0 Å². The van der Waals surface area contributed by atoms with Crippen LogP contribution in [0.25, 0.3) is 0 Å². The van der Waals surface area contributed by atoms with Crippen LogP contribution in [0, 0.1) is 0 Å². The number of aromatic hydroxyl groups is 1. The van der Waals surface area contributed by atoms with Gasteiger partial charge >= 0.3 is 5.97 Å². The van der Waals surface area contributed by atoms with E-state index in [4.69, 9.17) is 9.84 Å². The Morgan fingerprint density at radius 3 is 2.29 bits per heavy atom. The Morgan fingerprint density at radius 2 is 1.86 bits per heavy atom. The lowest BCUT2D eigenvalue weighted by Crippen LogP contribution is -2.09. The number of ether oxygens (including phenoxy) is 1. The predicted molar refractivity (Wildman–Crippen MR) is 56.6 cm³/mol. The Balaban J connectivity index is 2.84. The number of benzene rings is 1. The van der Waals surface area contributed by atoms with Crippen molar-refractivity contribution in [3.05, 3.63) is 21.1 Å². The van der Waals surface area contributed by atoms with E-state index in [0.717, 1.165) is 0 Å². The molecule has 0 saturated carbocycles. The molecule has 0 saturated heterocycles. The molecule has 0 heterocycles. The number of phenolic OH excluding ortho intramolecular Hbond substituents is 1. The third kappa shape index (κ3) is 2.88. The van der Waals surface area contributed by atoms with E-state index in [2.05, 4.69) is 31.9 Å². The molecule has 0 bridgehead atoms. The van der Waals surface area contributed by atoms with Crippen molar-refractivity contribution in [2.75, 3.05) is 6.61 Å². The summed E-state index contributed by atoms with van der Waals surface area (Å²) in [6.07, 6.45) is 0. The second-order valence-electron chi connectivity index (χ2n) is 2.42. The summed E-state index contributed by atoms with van der Waals surface area (Å²) < 4.78 is 5.79. The van der Waals surface area contributed by atoms with Gasteiger partial charge in [0.1, 0.15) is 11.5 Å². The first-order valence-electron chi connectivity index (χ1n) is 3.53. The monoisotopic (exact) mass is 324 g/mol. The van der Waals surface area contributed by atoms with Gasteiger partial charge in [-0.05, 0) is 44.0 Å². The summed E-state index contributed by atoms with van der Waals surface area (Å²) in [4.78, 5) is 10.2. The fraction of sp³-hybridized carbons (Fsp3) is 0.125. The van der Waals surface area contributed by atoms with Gasteiger partial charge in [-0.3, -0.25) is 0 Å². The Bertz CT molecular complexity index is 341. The van der Waals surface area contributed by atoms with E-state index in [-0.39, 0.29) is 5.75 Å². The highest BCUT2D eigenvalue weighted by atomic mass is 79.9. The van der Waals surface area contributed by atoms with Gasteiger partial charge in [0.15, 0.2) is 6.61 Å². The summed E-state index contributed by atoms with van der Waals surface area (Å²) in [6, 6.07) is 2.98. The van der Waals surface area contributed by atoms with Gasteiger partial charge in [0.05, 0.1) is 8.95 Å². The molecule has 0 fully saturated rings.